The number of amides is 2. The van der Waals surface area contributed by atoms with Gasteiger partial charge >= 0.3 is 0 Å². The summed E-state index contributed by atoms with van der Waals surface area (Å²) in [7, 11) is 0. The number of nitrogens with zero attached hydrogens (tertiary/aromatic N) is 1. The number of nitrogens with one attached hydrogen (secondary N) is 1. The number of hydrogen-bond donors (Lipinski definition) is 1. The third-order valence-electron chi connectivity index (χ3n) is 5.80. The Hall–Kier alpha value is -2.34. The van der Waals surface area contributed by atoms with Gasteiger partial charge < -0.3 is 10.2 Å². The molecule has 29 heavy (non-hydrogen) atoms. The molecule has 4 nitrogen and oxygen atoms in total. The van der Waals surface area contributed by atoms with Gasteiger partial charge in [0.2, 0.25) is 11.8 Å². The van der Waals surface area contributed by atoms with Crippen LogP contribution in [0.15, 0.2) is 47.4 Å². The summed E-state index contributed by atoms with van der Waals surface area (Å²) in [6, 6.07) is 13.2. The van der Waals surface area contributed by atoms with E-state index in [0.29, 0.717) is 38.0 Å². The molecule has 0 bridgehead atoms. The second-order valence-electron chi connectivity index (χ2n) is 7.82. The van der Waals surface area contributed by atoms with E-state index in [1.165, 1.54) is 16.5 Å². The number of halogens is 1. The van der Waals surface area contributed by atoms with Gasteiger partial charge in [0.25, 0.3) is 0 Å². The van der Waals surface area contributed by atoms with Crippen molar-refractivity contribution in [2.75, 3.05) is 13.1 Å². The van der Waals surface area contributed by atoms with Crippen LogP contribution < -0.4 is 5.32 Å². The molecular formula is C23H25FN2O2S. The molecule has 0 spiro atoms. The maximum absolute atomic E-state index is 13.6. The third kappa shape index (κ3) is 4.47. The summed E-state index contributed by atoms with van der Waals surface area (Å²) in [6.07, 6.45) is 2.13. The van der Waals surface area contributed by atoms with Crippen LogP contribution in [0.2, 0.25) is 0 Å². The van der Waals surface area contributed by atoms with Crippen molar-refractivity contribution in [3.8, 4) is 0 Å². The SMILES string of the molecule is Cc1ccc(CNC(=O)C2CCN(C(=O)C3Cc4ccccc4S3)CC2)cc1F. The molecule has 0 radical (unpaired) electrons. The van der Waals surface area contributed by atoms with E-state index in [9.17, 15) is 14.0 Å². The first-order valence-corrected chi connectivity index (χ1v) is 11.0. The van der Waals surface area contributed by atoms with Crippen molar-refractivity contribution in [3.63, 3.8) is 0 Å². The van der Waals surface area contributed by atoms with Crippen molar-refractivity contribution in [2.45, 2.75) is 42.9 Å². The van der Waals surface area contributed by atoms with Gasteiger partial charge in [-0.05, 0) is 55.0 Å². The van der Waals surface area contributed by atoms with E-state index in [1.807, 2.05) is 23.1 Å². The lowest BCUT2D eigenvalue weighted by Crippen LogP contribution is -2.45. The minimum absolute atomic E-state index is 0.0132. The van der Waals surface area contributed by atoms with Gasteiger partial charge in [-0.15, -0.1) is 11.8 Å². The molecule has 1 N–H and O–H groups in total. The Labute approximate surface area is 174 Å². The number of carbonyl (C=O) groups is 2. The Morgan fingerprint density at radius 1 is 1.17 bits per heavy atom. The summed E-state index contributed by atoms with van der Waals surface area (Å²) >= 11 is 1.65. The highest BCUT2D eigenvalue weighted by Gasteiger charge is 2.34. The lowest BCUT2D eigenvalue weighted by atomic mass is 9.95. The van der Waals surface area contributed by atoms with Crippen LogP contribution in [0.25, 0.3) is 0 Å². The Morgan fingerprint density at radius 2 is 1.93 bits per heavy atom. The van der Waals surface area contributed by atoms with Crippen LogP contribution in [0.3, 0.4) is 0 Å². The van der Waals surface area contributed by atoms with Crippen LogP contribution in [-0.2, 0) is 22.6 Å². The van der Waals surface area contributed by atoms with E-state index in [4.69, 9.17) is 0 Å². The molecule has 2 heterocycles. The molecule has 1 atom stereocenters. The zero-order chi connectivity index (χ0) is 20.4. The van der Waals surface area contributed by atoms with Crippen LogP contribution >= 0.6 is 11.8 Å². The predicted octanol–water partition coefficient (Wildman–Crippen LogP) is 3.71. The highest BCUT2D eigenvalue weighted by Crippen LogP contribution is 2.38. The predicted molar refractivity (Wildman–Crippen MR) is 112 cm³/mol. The van der Waals surface area contributed by atoms with Gasteiger partial charge in [0, 0.05) is 30.4 Å². The Kier molecular flexibility index (Phi) is 5.90. The van der Waals surface area contributed by atoms with Gasteiger partial charge in [-0.1, -0.05) is 30.3 Å². The number of hydrogen-bond acceptors (Lipinski definition) is 3. The van der Waals surface area contributed by atoms with Crippen molar-refractivity contribution >= 4 is 23.6 Å². The zero-order valence-electron chi connectivity index (χ0n) is 16.5. The smallest absolute Gasteiger partial charge is 0.236 e. The molecule has 0 aromatic heterocycles. The normalized spacial score (nSPS) is 19.1. The Balaban J connectivity index is 1.25. The zero-order valence-corrected chi connectivity index (χ0v) is 17.3. The fourth-order valence-corrected chi connectivity index (χ4v) is 5.24. The standard InChI is InChI=1S/C23H25FN2O2S/c1-15-6-7-16(12-19(15)24)14-25-22(27)17-8-10-26(11-9-17)23(28)21-13-18-4-2-3-5-20(18)29-21/h2-7,12,17,21H,8-11,13-14H2,1H3,(H,25,27). The van der Waals surface area contributed by atoms with Gasteiger partial charge in [0.1, 0.15) is 5.82 Å². The summed E-state index contributed by atoms with van der Waals surface area (Å²) in [5.74, 6) is -0.181. The van der Waals surface area contributed by atoms with E-state index in [1.54, 1.807) is 24.8 Å². The summed E-state index contributed by atoms with van der Waals surface area (Å²) in [4.78, 5) is 28.5. The van der Waals surface area contributed by atoms with Gasteiger partial charge in [0.05, 0.1) is 5.25 Å². The van der Waals surface area contributed by atoms with Gasteiger partial charge in [-0.3, -0.25) is 9.59 Å². The lowest BCUT2D eigenvalue weighted by molar-refractivity contribution is -0.135. The molecule has 0 aliphatic carbocycles. The highest BCUT2D eigenvalue weighted by atomic mass is 32.2. The molecule has 152 valence electrons. The molecule has 1 saturated heterocycles. The average molecular weight is 413 g/mol. The number of likely N-dealkylation sites (tertiary alicyclic amines) is 1. The van der Waals surface area contributed by atoms with E-state index >= 15 is 0 Å². The quantitative estimate of drug-likeness (QED) is 0.833. The molecule has 2 aromatic rings. The summed E-state index contributed by atoms with van der Waals surface area (Å²) in [6.45, 7) is 3.27. The Morgan fingerprint density at radius 3 is 2.66 bits per heavy atom. The fraction of sp³-hybridized carbons (Fsp3) is 0.391. The second-order valence-corrected chi connectivity index (χ2v) is 9.06. The molecule has 1 fully saturated rings. The molecule has 2 amide bonds. The first-order valence-electron chi connectivity index (χ1n) is 10.1. The van der Waals surface area contributed by atoms with Crippen LogP contribution in [-0.4, -0.2) is 35.1 Å². The number of aryl methyl sites for hydroxylation is 1. The third-order valence-corrected chi connectivity index (χ3v) is 7.11. The van der Waals surface area contributed by atoms with Crippen molar-refractivity contribution in [2.24, 2.45) is 5.92 Å². The number of carbonyl (C=O) groups excluding carboxylic acids is 2. The Bertz CT molecular complexity index is 900. The minimum atomic E-state index is -0.254. The molecule has 4 rings (SSSR count). The maximum Gasteiger partial charge on any atom is 0.236 e. The van der Waals surface area contributed by atoms with E-state index in [2.05, 4.69) is 17.4 Å². The number of rotatable bonds is 4. The highest BCUT2D eigenvalue weighted by molar-refractivity contribution is 8.01. The van der Waals surface area contributed by atoms with E-state index in [0.717, 1.165) is 12.0 Å². The number of benzene rings is 2. The van der Waals surface area contributed by atoms with Gasteiger partial charge in [-0.2, -0.15) is 0 Å². The van der Waals surface area contributed by atoms with Crippen LogP contribution in [0.5, 0.6) is 0 Å². The van der Waals surface area contributed by atoms with Crippen molar-refractivity contribution in [1.29, 1.82) is 0 Å². The number of fused-ring (bicyclic) bond motifs is 1. The first kappa shape index (κ1) is 20.0. The van der Waals surface area contributed by atoms with Gasteiger partial charge in [0.15, 0.2) is 0 Å². The molecule has 2 aromatic carbocycles. The number of piperidine rings is 1. The minimum Gasteiger partial charge on any atom is -0.352 e. The summed E-state index contributed by atoms with van der Waals surface area (Å²) < 4.78 is 13.6. The molecule has 1 unspecified atom stereocenters. The van der Waals surface area contributed by atoms with Crippen LogP contribution in [0.4, 0.5) is 4.39 Å². The molecule has 6 heteroatoms. The van der Waals surface area contributed by atoms with Gasteiger partial charge in [-0.25, -0.2) is 4.39 Å². The van der Waals surface area contributed by atoms with Crippen molar-refractivity contribution in [3.05, 3.63) is 65.0 Å². The first-order chi connectivity index (χ1) is 14.0. The van der Waals surface area contributed by atoms with Crippen molar-refractivity contribution in [1.82, 2.24) is 10.2 Å². The topological polar surface area (TPSA) is 49.4 Å². The molecule has 0 saturated carbocycles. The molecule has 2 aliphatic heterocycles. The van der Waals surface area contributed by atoms with Crippen molar-refractivity contribution < 1.29 is 14.0 Å². The summed E-state index contributed by atoms with van der Waals surface area (Å²) in [5.41, 5.74) is 2.60. The maximum atomic E-state index is 13.6. The average Bonchev–Trinajstić information content (AvgIpc) is 3.18. The van der Waals surface area contributed by atoms with Crippen LogP contribution in [0.1, 0.15) is 29.5 Å². The summed E-state index contributed by atoms with van der Waals surface area (Å²) in [5, 5.41) is 2.87. The largest absolute Gasteiger partial charge is 0.352 e. The van der Waals surface area contributed by atoms with Crippen LogP contribution in [0, 0.1) is 18.7 Å². The van der Waals surface area contributed by atoms with E-state index < -0.39 is 0 Å². The second kappa shape index (κ2) is 8.57. The molecule has 2 aliphatic rings. The number of thioether (sulfide) groups is 1. The monoisotopic (exact) mass is 412 g/mol. The van der Waals surface area contributed by atoms with E-state index in [-0.39, 0.29) is 28.8 Å². The fourth-order valence-electron chi connectivity index (χ4n) is 3.97. The molecular weight excluding hydrogens is 387 g/mol. The lowest BCUT2D eigenvalue weighted by Gasteiger charge is -2.32.